The molecule has 0 radical (unpaired) electrons. The summed E-state index contributed by atoms with van der Waals surface area (Å²) in [5, 5.41) is 3.29. The van der Waals surface area contributed by atoms with Crippen molar-refractivity contribution in [2.75, 3.05) is 36.9 Å². The zero-order chi connectivity index (χ0) is 13.9. The Labute approximate surface area is 121 Å². The van der Waals surface area contributed by atoms with Gasteiger partial charge in [-0.05, 0) is 25.3 Å². The summed E-state index contributed by atoms with van der Waals surface area (Å²) in [4.78, 5) is 2.20. The van der Waals surface area contributed by atoms with Crippen molar-refractivity contribution in [3.8, 4) is 0 Å². The molecule has 2 heterocycles. The minimum Gasteiger partial charge on any atom is -0.312 e. The molecule has 0 saturated carbocycles. The smallest absolute Gasteiger partial charge is 0.166 e. The second-order valence-electron chi connectivity index (χ2n) is 5.66. The average molecular weight is 306 g/mol. The van der Waals surface area contributed by atoms with E-state index in [4.69, 9.17) is 0 Å². The van der Waals surface area contributed by atoms with E-state index in [9.17, 15) is 8.42 Å². The molecule has 0 spiro atoms. The molecular formula is C13H26N2O2S2. The second kappa shape index (κ2) is 6.78. The van der Waals surface area contributed by atoms with Gasteiger partial charge in [-0.1, -0.05) is 13.8 Å². The predicted molar refractivity (Wildman–Crippen MR) is 82.3 cm³/mol. The maximum absolute atomic E-state index is 12.2. The maximum Gasteiger partial charge on any atom is 0.166 e. The molecule has 2 rings (SSSR count). The van der Waals surface area contributed by atoms with Crippen molar-refractivity contribution in [3.05, 3.63) is 0 Å². The first-order chi connectivity index (χ1) is 9.04. The lowest BCUT2D eigenvalue weighted by atomic mass is 9.92. The molecule has 0 amide bonds. The predicted octanol–water partition coefficient (Wildman–Crippen LogP) is 1.18. The fourth-order valence-corrected chi connectivity index (χ4v) is 6.05. The summed E-state index contributed by atoms with van der Waals surface area (Å²) in [7, 11) is -2.96. The van der Waals surface area contributed by atoms with Crippen molar-refractivity contribution in [1.29, 1.82) is 0 Å². The molecular weight excluding hydrogens is 280 g/mol. The van der Waals surface area contributed by atoms with Crippen LogP contribution in [0.3, 0.4) is 0 Å². The first kappa shape index (κ1) is 15.6. The standard InChI is InChI=1S/C13H26N2O2S2/c1-3-19(16,17)13-10-18-8-7-15(13)9-12-11(2)5-4-6-14-12/h11-14H,3-10H2,1-2H3. The Morgan fingerprint density at radius 2 is 2.21 bits per heavy atom. The number of sulfone groups is 1. The molecule has 4 nitrogen and oxygen atoms in total. The fraction of sp³-hybridized carbons (Fsp3) is 1.00. The van der Waals surface area contributed by atoms with Crippen molar-refractivity contribution < 1.29 is 8.42 Å². The van der Waals surface area contributed by atoms with E-state index in [2.05, 4.69) is 17.1 Å². The summed E-state index contributed by atoms with van der Waals surface area (Å²) in [5.74, 6) is 2.68. The summed E-state index contributed by atoms with van der Waals surface area (Å²) in [6, 6.07) is 0.450. The third kappa shape index (κ3) is 3.86. The number of hydrogen-bond acceptors (Lipinski definition) is 5. The third-order valence-electron chi connectivity index (χ3n) is 4.37. The van der Waals surface area contributed by atoms with E-state index in [0.717, 1.165) is 31.1 Å². The molecule has 19 heavy (non-hydrogen) atoms. The van der Waals surface area contributed by atoms with Crippen LogP contribution in [0, 0.1) is 5.92 Å². The lowest BCUT2D eigenvalue weighted by molar-refractivity contribution is 0.188. The Morgan fingerprint density at radius 1 is 1.42 bits per heavy atom. The van der Waals surface area contributed by atoms with Crippen molar-refractivity contribution in [2.45, 2.75) is 38.1 Å². The summed E-state index contributed by atoms with van der Waals surface area (Å²) in [6.45, 7) is 6.89. The van der Waals surface area contributed by atoms with Crippen LogP contribution in [0.4, 0.5) is 0 Å². The minimum absolute atomic E-state index is 0.252. The van der Waals surface area contributed by atoms with Crippen LogP contribution in [0.2, 0.25) is 0 Å². The quantitative estimate of drug-likeness (QED) is 0.845. The lowest BCUT2D eigenvalue weighted by Crippen LogP contribution is -2.55. The van der Waals surface area contributed by atoms with Crippen LogP contribution in [0.25, 0.3) is 0 Å². The van der Waals surface area contributed by atoms with Crippen molar-refractivity contribution in [3.63, 3.8) is 0 Å². The van der Waals surface area contributed by atoms with Gasteiger partial charge in [0.2, 0.25) is 0 Å². The van der Waals surface area contributed by atoms with Gasteiger partial charge in [0, 0.05) is 36.4 Å². The highest BCUT2D eigenvalue weighted by Gasteiger charge is 2.35. The molecule has 6 heteroatoms. The van der Waals surface area contributed by atoms with Gasteiger partial charge in [-0.25, -0.2) is 8.42 Å². The molecule has 3 atom stereocenters. The zero-order valence-corrected chi connectivity index (χ0v) is 13.6. The number of rotatable bonds is 4. The van der Waals surface area contributed by atoms with Gasteiger partial charge in [-0.3, -0.25) is 4.90 Å². The molecule has 2 aliphatic rings. The van der Waals surface area contributed by atoms with E-state index in [-0.39, 0.29) is 11.1 Å². The van der Waals surface area contributed by atoms with E-state index in [1.807, 2.05) is 0 Å². The van der Waals surface area contributed by atoms with Crippen molar-refractivity contribution in [2.24, 2.45) is 5.92 Å². The highest BCUT2D eigenvalue weighted by molar-refractivity contribution is 8.01. The second-order valence-corrected chi connectivity index (χ2v) is 9.25. The van der Waals surface area contributed by atoms with Crippen molar-refractivity contribution in [1.82, 2.24) is 10.2 Å². The van der Waals surface area contributed by atoms with E-state index in [1.54, 1.807) is 18.7 Å². The van der Waals surface area contributed by atoms with Crippen LogP contribution < -0.4 is 5.32 Å². The molecule has 0 aromatic carbocycles. The van der Waals surface area contributed by atoms with Gasteiger partial charge < -0.3 is 5.32 Å². The highest BCUT2D eigenvalue weighted by Crippen LogP contribution is 2.24. The fourth-order valence-electron chi connectivity index (χ4n) is 2.96. The number of thioether (sulfide) groups is 1. The van der Waals surface area contributed by atoms with Crippen LogP contribution in [0.5, 0.6) is 0 Å². The Bertz CT molecular complexity index is 386. The molecule has 1 N–H and O–H groups in total. The molecule has 0 aromatic heterocycles. The largest absolute Gasteiger partial charge is 0.312 e. The molecule has 2 aliphatic heterocycles. The van der Waals surface area contributed by atoms with Crippen LogP contribution in [-0.2, 0) is 9.84 Å². The zero-order valence-electron chi connectivity index (χ0n) is 12.0. The van der Waals surface area contributed by atoms with Crippen LogP contribution in [-0.4, -0.2) is 61.6 Å². The van der Waals surface area contributed by atoms with Crippen LogP contribution in [0.15, 0.2) is 0 Å². The monoisotopic (exact) mass is 306 g/mol. The van der Waals surface area contributed by atoms with E-state index in [1.165, 1.54) is 12.8 Å². The summed E-state index contributed by atoms with van der Waals surface area (Å²) in [6.07, 6.45) is 2.50. The van der Waals surface area contributed by atoms with Gasteiger partial charge in [-0.15, -0.1) is 0 Å². The van der Waals surface area contributed by atoms with E-state index in [0.29, 0.717) is 12.0 Å². The van der Waals surface area contributed by atoms with E-state index >= 15 is 0 Å². The molecule has 3 unspecified atom stereocenters. The number of nitrogens with zero attached hydrogens (tertiary/aromatic N) is 1. The molecule has 112 valence electrons. The Morgan fingerprint density at radius 3 is 2.89 bits per heavy atom. The molecule has 0 aliphatic carbocycles. The van der Waals surface area contributed by atoms with Gasteiger partial charge in [-0.2, -0.15) is 11.8 Å². The van der Waals surface area contributed by atoms with Gasteiger partial charge >= 0.3 is 0 Å². The Balaban J connectivity index is 2.03. The first-order valence-electron chi connectivity index (χ1n) is 7.31. The van der Waals surface area contributed by atoms with Crippen molar-refractivity contribution >= 4 is 21.6 Å². The van der Waals surface area contributed by atoms with Crippen LogP contribution in [0.1, 0.15) is 26.7 Å². The average Bonchev–Trinajstić information content (AvgIpc) is 2.42. The molecule has 0 bridgehead atoms. The number of hydrogen-bond donors (Lipinski definition) is 1. The Hall–Kier alpha value is 0.220. The topological polar surface area (TPSA) is 49.4 Å². The van der Waals surface area contributed by atoms with E-state index < -0.39 is 9.84 Å². The highest BCUT2D eigenvalue weighted by atomic mass is 32.2. The summed E-state index contributed by atoms with van der Waals surface area (Å²) < 4.78 is 24.4. The normalized spacial score (nSPS) is 34.3. The van der Waals surface area contributed by atoms with Gasteiger partial charge in [0.05, 0.1) is 0 Å². The number of piperidine rings is 1. The lowest BCUT2D eigenvalue weighted by Gasteiger charge is -2.40. The van der Waals surface area contributed by atoms with Gasteiger partial charge in [0.1, 0.15) is 5.37 Å². The minimum atomic E-state index is -2.96. The van der Waals surface area contributed by atoms with Gasteiger partial charge in [0.25, 0.3) is 0 Å². The van der Waals surface area contributed by atoms with Gasteiger partial charge in [0.15, 0.2) is 9.84 Å². The third-order valence-corrected chi connectivity index (χ3v) is 7.70. The molecule has 2 fully saturated rings. The first-order valence-corrected chi connectivity index (χ1v) is 10.2. The maximum atomic E-state index is 12.2. The number of nitrogens with one attached hydrogen (secondary N) is 1. The summed E-state index contributed by atoms with van der Waals surface area (Å²) >= 11 is 1.77. The summed E-state index contributed by atoms with van der Waals surface area (Å²) in [5.41, 5.74) is 0. The molecule has 0 aromatic rings. The molecule has 2 saturated heterocycles. The Kier molecular flexibility index (Phi) is 5.57. The van der Waals surface area contributed by atoms with Crippen LogP contribution >= 0.6 is 11.8 Å². The SMILES string of the molecule is CCS(=O)(=O)C1CSCCN1CC1NCCCC1C.